The van der Waals surface area contributed by atoms with E-state index >= 15 is 0 Å². The molecule has 1 aromatic heterocycles. The van der Waals surface area contributed by atoms with Crippen LogP contribution < -0.4 is 20.7 Å². The van der Waals surface area contributed by atoms with E-state index in [1.54, 1.807) is 30.1 Å². The van der Waals surface area contributed by atoms with Gasteiger partial charge < -0.3 is 35.7 Å². The molecule has 212 valence electrons. The number of carboxylic acid groups (broad SMARTS) is 1. The number of para-hydroxylation sites is 1. The molecule has 0 aliphatic carbocycles. The lowest BCUT2D eigenvalue weighted by Crippen LogP contribution is -2.41. The first kappa shape index (κ1) is 29.8. The monoisotopic (exact) mass is 549 g/mol. The van der Waals surface area contributed by atoms with Crippen LogP contribution in [-0.2, 0) is 33.8 Å². The molecule has 0 saturated carbocycles. The van der Waals surface area contributed by atoms with Crippen LogP contribution in [0.2, 0.25) is 0 Å². The second kappa shape index (κ2) is 13.3. The van der Waals surface area contributed by atoms with Crippen molar-refractivity contribution in [1.82, 2.24) is 15.2 Å². The first-order valence-corrected chi connectivity index (χ1v) is 12.7. The molecule has 0 bridgehead atoms. The van der Waals surface area contributed by atoms with E-state index in [0.29, 0.717) is 22.7 Å². The number of aryl methyl sites for hydroxylation is 2. The number of nitrogens with zero attached hydrogens (tertiary/aromatic N) is 1. The molecule has 40 heavy (non-hydrogen) atoms. The molecule has 0 saturated heterocycles. The largest absolute Gasteiger partial charge is 0.495 e. The number of aliphatic carboxylic acids is 1. The number of hydrogen-bond donors (Lipinski definition) is 5. The summed E-state index contributed by atoms with van der Waals surface area (Å²) >= 11 is 0. The average Bonchev–Trinajstić information content (AvgIpc) is 3.23. The predicted molar refractivity (Wildman–Crippen MR) is 151 cm³/mol. The minimum absolute atomic E-state index is 0.110. The zero-order valence-corrected chi connectivity index (χ0v) is 23.3. The summed E-state index contributed by atoms with van der Waals surface area (Å²) in [5.74, 6) is -1.26. The summed E-state index contributed by atoms with van der Waals surface area (Å²) in [7, 11) is 3.17. The lowest BCUT2D eigenvalue weighted by molar-refractivity contribution is -0.141. The topological polar surface area (TPSA) is 153 Å². The minimum Gasteiger partial charge on any atom is -0.495 e. The van der Waals surface area contributed by atoms with Crippen LogP contribution in [0, 0.1) is 13.8 Å². The lowest BCUT2D eigenvalue weighted by atomic mass is 10.1. The first-order valence-electron chi connectivity index (χ1n) is 12.7. The number of carboxylic acids is 1. The van der Waals surface area contributed by atoms with Gasteiger partial charge in [-0.15, -0.1) is 0 Å². The molecule has 5 N–H and O–H groups in total. The van der Waals surface area contributed by atoms with Crippen molar-refractivity contribution in [3.63, 3.8) is 0 Å². The highest BCUT2D eigenvalue weighted by atomic mass is 16.5. The van der Waals surface area contributed by atoms with E-state index in [1.807, 2.05) is 44.2 Å². The molecule has 0 aliphatic heterocycles. The van der Waals surface area contributed by atoms with Gasteiger partial charge in [0.2, 0.25) is 11.8 Å². The van der Waals surface area contributed by atoms with E-state index in [9.17, 15) is 24.3 Å². The van der Waals surface area contributed by atoms with Gasteiger partial charge in [-0.05, 0) is 54.8 Å². The van der Waals surface area contributed by atoms with E-state index in [4.69, 9.17) is 4.74 Å². The average molecular weight is 550 g/mol. The van der Waals surface area contributed by atoms with E-state index in [0.717, 1.165) is 22.5 Å². The van der Waals surface area contributed by atoms with Gasteiger partial charge in [0, 0.05) is 37.5 Å². The van der Waals surface area contributed by atoms with E-state index in [2.05, 4.69) is 20.9 Å². The highest BCUT2D eigenvalue weighted by Gasteiger charge is 2.21. The van der Waals surface area contributed by atoms with Gasteiger partial charge in [0.25, 0.3) is 0 Å². The second-order valence-electron chi connectivity index (χ2n) is 9.60. The Kier molecular flexibility index (Phi) is 9.91. The molecule has 1 heterocycles. The van der Waals surface area contributed by atoms with Crippen molar-refractivity contribution in [2.75, 3.05) is 24.8 Å². The third-order valence-corrected chi connectivity index (χ3v) is 6.37. The van der Waals surface area contributed by atoms with Gasteiger partial charge in [0.1, 0.15) is 11.8 Å². The summed E-state index contributed by atoms with van der Waals surface area (Å²) < 4.78 is 5.45. The van der Waals surface area contributed by atoms with E-state index in [1.165, 1.54) is 14.0 Å². The van der Waals surface area contributed by atoms with Gasteiger partial charge in [0.15, 0.2) is 0 Å². The molecule has 3 aromatic rings. The molecule has 11 heteroatoms. The minimum atomic E-state index is -1.12. The number of aromatic nitrogens is 1. The maximum absolute atomic E-state index is 13.0. The van der Waals surface area contributed by atoms with Crippen LogP contribution >= 0.6 is 0 Å². The number of H-pyrrole nitrogens is 1. The highest BCUT2D eigenvalue weighted by Crippen LogP contribution is 2.27. The quantitative estimate of drug-likeness (QED) is 0.246. The Bertz CT molecular complexity index is 1400. The summed E-state index contributed by atoms with van der Waals surface area (Å²) in [5, 5.41) is 17.4. The molecule has 4 amide bonds. The van der Waals surface area contributed by atoms with E-state index in [-0.39, 0.29) is 25.3 Å². The predicted octanol–water partition coefficient (Wildman–Crippen LogP) is 3.62. The smallest absolute Gasteiger partial charge is 0.326 e. The summed E-state index contributed by atoms with van der Waals surface area (Å²) in [5.41, 5.74) is 5.06. The maximum atomic E-state index is 13.0. The Hall–Kier alpha value is -4.80. The van der Waals surface area contributed by atoms with Gasteiger partial charge in [-0.1, -0.05) is 24.3 Å². The van der Waals surface area contributed by atoms with Crippen molar-refractivity contribution in [3.05, 3.63) is 76.6 Å². The van der Waals surface area contributed by atoms with Gasteiger partial charge in [-0.2, -0.15) is 0 Å². The zero-order valence-electron chi connectivity index (χ0n) is 23.3. The number of likely N-dealkylation sites (N-methyl/N-ethyl adjacent to an activating group) is 1. The number of hydrogen-bond acceptors (Lipinski definition) is 5. The van der Waals surface area contributed by atoms with Gasteiger partial charge >= 0.3 is 12.0 Å². The number of amides is 4. The van der Waals surface area contributed by atoms with Crippen LogP contribution in [0.15, 0.2) is 48.5 Å². The Morgan fingerprint density at radius 2 is 1.73 bits per heavy atom. The number of benzene rings is 2. The number of carbonyl (C=O) groups excluding carboxylic acids is 3. The number of methoxy groups -OCH3 is 1. The lowest BCUT2D eigenvalue weighted by Gasteiger charge is -2.17. The van der Waals surface area contributed by atoms with Gasteiger partial charge in [-0.25, -0.2) is 9.59 Å². The van der Waals surface area contributed by atoms with Crippen LogP contribution in [-0.4, -0.2) is 59.0 Å². The number of aromatic amines is 1. The molecular weight excluding hydrogens is 514 g/mol. The molecule has 1 unspecified atom stereocenters. The normalized spacial score (nSPS) is 11.3. The Morgan fingerprint density at radius 1 is 1.02 bits per heavy atom. The van der Waals surface area contributed by atoms with Crippen LogP contribution in [0.3, 0.4) is 0 Å². The summed E-state index contributed by atoms with van der Waals surface area (Å²) in [6.07, 6.45) is 0.233. The number of ether oxygens (including phenoxy) is 1. The van der Waals surface area contributed by atoms with Crippen molar-refractivity contribution in [3.8, 4) is 5.75 Å². The van der Waals surface area contributed by atoms with E-state index < -0.39 is 23.9 Å². The molecule has 3 rings (SSSR count). The summed E-state index contributed by atoms with van der Waals surface area (Å²) in [6, 6.07) is 12.9. The molecule has 2 aromatic carbocycles. The number of nitrogens with one attached hydrogen (secondary N) is 4. The van der Waals surface area contributed by atoms with Gasteiger partial charge in [0.05, 0.1) is 25.8 Å². The van der Waals surface area contributed by atoms with Crippen molar-refractivity contribution >= 4 is 35.2 Å². The zero-order chi connectivity index (χ0) is 29.4. The fourth-order valence-corrected chi connectivity index (χ4v) is 4.23. The number of carbonyl (C=O) groups is 4. The SMILES string of the molecule is COc1cc(CC(=O)N(C)Cc2cc(CC(NC(C)=O)C(=O)O)c(C)[nH]2)ccc1NC(=O)Nc1ccccc1C. The van der Waals surface area contributed by atoms with Crippen molar-refractivity contribution < 1.29 is 29.0 Å². The third kappa shape index (κ3) is 8.10. The van der Waals surface area contributed by atoms with Crippen LogP contribution in [0.25, 0.3) is 0 Å². The van der Waals surface area contributed by atoms with Crippen LogP contribution in [0.5, 0.6) is 5.75 Å². The molecule has 0 aliphatic rings. The fraction of sp³-hybridized carbons (Fsp3) is 0.310. The van der Waals surface area contributed by atoms with Crippen molar-refractivity contribution in [1.29, 1.82) is 0 Å². The number of urea groups is 1. The molecule has 11 nitrogen and oxygen atoms in total. The standard InChI is InChI=1S/C29H35N5O6/c1-17-8-6-7-9-23(17)32-29(39)33-24-11-10-20(12-26(24)40-5)13-27(36)34(4)16-22-14-21(18(2)30-22)15-25(28(37)38)31-19(3)35/h6-12,14,25,30H,13,15-16H2,1-5H3,(H,31,35)(H,37,38)(H2,32,33,39). The molecule has 1 atom stereocenters. The fourth-order valence-electron chi connectivity index (χ4n) is 4.23. The Labute approximate surface area is 232 Å². The van der Waals surface area contributed by atoms with Crippen LogP contribution in [0.1, 0.15) is 35.0 Å². The van der Waals surface area contributed by atoms with Gasteiger partial charge in [-0.3, -0.25) is 9.59 Å². The molecular formula is C29H35N5O6. The molecule has 0 radical (unpaired) electrons. The summed E-state index contributed by atoms with van der Waals surface area (Å²) in [6.45, 7) is 5.27. The molecule has 0 fully saturated rings. The van der Waals surface area contributed by atoms with Crippen LogP contribution in [0.4, 0.5) is 16.2 Å². The van der Waals surface area contributed by atoms with Crippen molar-refractivity contribution in [2.24, 2.45) is 0 Å². The summed E-state index contributed by atoms with van der Waals surface area (Å²) in [4.78, 5) is 53.0. The highest BCUT2D eigenvalue weighted by molar-refractivity contribution is 6.01. The maximum Gasteiger partial charge on any atom is 0.326 e. The Balaban J connectivity index is 1.61. The number of rotatable bonds is 11. The second-order valence-corrected chi connectivity index (χ2v) is 9.60. The van der Waals surface area contributed by atoms with Crippen molar-refractivity contribution in [2.45, 2.75) is 46.2 Å². The third-order valence-electron chi connectivity index (χ3n) is 6.37. The first-order chi connectivity index (χ1) is 19.0. The molecule has 0 spiro atoms. The number of anilines is 2. The Morgan fingerprint density at radius 3 is 2.38 bits per heavy atom.